The number of urea groups is 1. The summed E-state index contributed by atoms with van der Waals surface area (Å²) in [6.45, 7) is 0. The van der Waals surface area contributed by atoms with Crippen LogP contribution in [-0.2, 0) is 4.79 Å². The van der Waals surface area contributed by atoms with Crippen LogP contribution in [0.5, 0.6) is 0 Å². The van der Waals surface area contributed by atoms with Crippen molar-refractivity contribution in [3.8, 4) is 0 Å². The molecule has 3 amide bonds. The third-order valence-corrected chi connectivity index (χ3v) is 5.41. The predicted octanol–water partition coefficient (Wildman–Crippen LogP) is 3.41. The fourth-order valence-corrected chi connectivity index (χ4v) is 4.40. The van der Waals surface area contributed by atoms with Crippen molar-refractivity contribution in [2.75, 3.05) is 10.7 Å². The number of hydrogen-bond acceptors (Lipinski definition) is 3. The van der Waals surface area contributed by atoms with Crippen LogP contribution in [-0.4, -0.2) is 28.6 Å². The highest BCUT2D eigenvalue weighted by Crippen LogP contribution is 2.45. The Morgan fingerprint density at radius 1 is 1.00 bits per heavy atom. The summed E-state index contributed by atoms with van der Waals surface area (Å²) in [4.78, 5) is 28.3. The fourth-order valence-electron chi connectivity index (χ4n) is 2.99. The zero-order valence-corrected chi connectivity index (χ0v) is 12.9. The number of amides is 3. The average Bonchev–Trinajstić information content (AvgIpc) is 3.10. The maximum Gasteiger partial charge on any atom is 0.333 e. The largest absolute Gasteiger partial charge is 0.333 e. The van der Waals surface area contributed by atoms with Crippen LogP contribution in [0.3, 0.4) is 0 Å². The van der Waals surface area contributed by atoms with E-state index in [0.717, 1.165) is 5.56 Å². The van der Waals surface area contributed by atoms with Crippen LogP contribution in [0.4, 0.5) is 14.9 Å². The van der Waals surface area contributed by atoms with Crippen molar-refractivity contribution in [1.29, 1.82) is 0 Å². The van der Waals surface area contributed by atoms with Crippen molar-refractivity contribution < 1.29 is 14.0 Å². The number of anilines is 1. The van der Waals surface area contributed by atoms with Crippen LogP contribution in [0.1, 0.15) is 10.9 Å². The molecule has 6 heteroatoms. The van der Waals surface area contributed by atoms with Crippen LogP contribution >= 0.6 is 11.8 Å². The van der Waals surface area contributed by atoms with Crippen LogP contribution in [0, 0.1) is 5.82 Å². The van der Waals surface area contributed by atoms with Gasteiger partial charge in [-0.2, -0.15) is 0 Å². The van der Waals surface area contributed by atoms with Gasteiger partial charge in [0.1, 0.15) is 17.2 Å². The van der Waals surface area contributed by atoms with Crippen molar-refractivity contribution >= 4 is 29.4 Å². The SMILES string of the molecule is O=C1[C@H]2CS[C@@H](c3ccc(F)cc3)N2C(=O)N1c1ccccc1. The molecule has 0 aliphatic carbocycles. The first-order valence-electron chi connectivity index (χ1n) is 7.25. The lowest BCUT2D eigenvalue weighted by atomic mass is 10.2. The Bertz CT molecular complexity index is 766. The predicted molar refractivity (Wildman–Crippen MR) is 86.6 cm³/mol. The van der Waals surface area contributed by atoms with Gasteiger partial charge in [0.15, 0.2) is 0 Å². The minimum Gasteiger partial charge on any atom is -0.295 e. The molecule has 0 radical (unpaired) electrons. The van der Waals surface area contributed by atoms with Gasteiger partial charge in [0.2, 0.25) is 0 Å². The molecule has 4 rings (SSSR count). The molecule has 116 valence electrons. The molecule has 2 aliphatic rings. The first-order valence-corrected chi connectivity index (χ1v) is 8.30. The maximum atomic E-state index is 13.1. The number of rotatable bonds is 2. The van der Waals surface area contributed by atoms with E-state index in [1.54, 1.807) is 41.3 Å². The van der Waals surface area contributed by atoms with E-state index in [9.17, 15) is 14.0 Å². The minimum absolute atomic E-state index is 0.196. The number of halogens is 1. The van der Waals surface area contributed by atoms with Crippen LogP contribution in [0.25, 0.3) is 0 Å². The summed E-state index contributed by atoms with van der Waals surface area (Å²) in [6.07, 6.45) is 0. The zero-order valence-electron chi connectivity index (χ0n) is 12.1. The van der Waals surface area contributed by atoms with Gasteiger partial charge >= 0.3 is 6.03 Å². The van der Waals surface area contributed by atoms with E-state index in [4.69, 9.17) is 0 Å². The van der Waals surface area contributed by atoms with Gasteiger partial charge in [0.05, 0.1) is 5.69 Å². The van der Waals surface area contributed by atoms with Gasteiger partial charge in [-0.25, -0.2) is 14.1 Å². The van der Waals surface area contributed by atoms with E-state index in [-0.39, 0.29) is 23.1 Å². The summed E-state index contributed by atoms with van der Waals surface area (Å²) in [5, 5.41) is -0.259. The highest BCUT2D eigenvalue weighted by molar-refractivity contribution is 7.99. The molecule has 4 nitrogen and oxygen atoms in total. The molecule has 2 aliphatic heterocycles. The van der Waals surface area contributed by atoms with Gasteiger partial charge in [-0.3, -0.25) is 9.69 Å². The number of carbonyl (C=O) groups is 2. The summed E-state index contributed by atoms with van der Waals surface area (Å²) in [6, 6.07) is 14.2. The second-order valence-corrected chi connectivity index (χ2v) is 6.57. The van der Waals surface area contributed by atoms with Crippen LogP contribution in [0.15, 0.2) is 54.6 Å². The molecule has 0 aromatic heterocycles. The molecule has 2 fully saturated rings. The smallest absolute Gasteiger partial charge is 0.295 e. The van der Waals surface area contributed by atoms with Crippen molar-refractivity contribution in [2.24, 2.45) is 0 Å². The number of carbonyl (C=O) groups excluding carboxylic acids is 2. The molecular weight excluding hydrogens is 315 g/mol. The fraction of sp³-hybridized carbons (Fsp3) is 0.176. The van der Waals surface area contributed by atoms with E-state index < -0.39 is 6.04 Å². The number of thioether (sulfide) groups is 1. The third kappa shape index (κ3) is 2.21. The number of para-hydroxylation sites is 1. The Kier molecular flexibility index (Phi) is 3.34. The van der Waals surface area contributed by atoms with E-state index in [1.807, 2.05) is 6.07 Å². The van der Waals surface area contributed by atoms with Gasteiger partial charge in [0.25, 0.3) is 5.91 Å². The quantitative estimate of drug-likeness (QED) is 0.793. The second-order valence-electron chi connectivity index (χ2n) is 5.45. The zero-order chi connectivity index (χ0) is 16.0. The Hall–Kier alpha value is -2.34. The minimum atomic E-state index is -0.456. The Morgan fingerprint density at radius 3 is 2.39 bits per heavy atom. The van der Waals surface area contributed by atoms with Crippen LogP contribution < -0.4 is 4.90 Å². The molecule has 0 spiro atoms. The number of nitrogens with zero attached hydrogens (tertiary/aromatic N) is 2. The average molecular weight is 328 g/mol. The van der Waals surface area contributed by atoms with E-state index in [2.05, 4.69) is 0 Å². The monoisotopic (exact) mass is 328 g/mol. The molecule has 2 aromatic carbocycles. The Morgan fingerprint density at radius 2 is 1.70 bits per heavy atom. The van der Waals surface area contributed by atoms with Crippen molar-refractivity contribution in [2.45, 2.75) is 11.4 Å². The maximum absolute atomic E-state index is 13.1. The van der Waals surface area contributed by atoms with Crippen molar-refractivity contribution in [3.05, 3.63) is 66.0 Å². The molecule has 2 atom stereocenters. The molecule has 2 heterocycles. The molecule has 2 saturated heterocycles. The summed E-state index contributed by atoms with van der Waals surface area (Å²) in [7, 11) is 0. The second kappa shape index (κ2) is 5.38. The first kappa shape index (κ1) is 14.3. The van der Waals surface area contributed by atoms with Gasteiger partial charge < -0.3 is 0 Å². The summed E-state index contributed by atoms with van der Waals surface area (Å²) < 4.78 is 13.1. The van der Waals surface area contributed by atoms with Gasteiger partial charge in [-0.15, -0.1) is 11.8 Å². The normalized spacial score (nSPS) is 23.5. The number of hydrogen-bond donors (Lipinski definition) is 0. The lowest BCUT2D eigenvalue weighted by Gasteiger charge is -2.23. The Labute approximate surface area is 136 Å². The molecule has 2 aromatic rings. The van der Waals surface area contributed by atoms with E-state index >= 15 is 0 Å². The van der Waals surface area contributed by atoms with Gasteiger partial charge in [0, 0.05) is 5.75 Å². The van der Waals surface area contributed by atoms with Crippen molar-refractivity contribution in [1.82, 2.24) is 4.90 Å². The lowest BCUT2D eigenvalue weighted by Crippen LogP contribution is -2.33. The molecule has 0 unspecified atom stereocenters. The first-order chi connectivity index (χ1) is 11.2. The van der Waals surface area contributed by atoms with Crippen LogP contribution in [0.2, 0.25) is 0 Å². The summed E-state index contributed by atoms with van der Waals surface area (Å²) in [5.74, 6) is 0.0389. The van der Waals surface area contributed by atoms with Gasteiger partial charge in [-0.1, -0.05) is 30.3 Å². The number of benzene rings is 2. The molecule has 23 heavy (non-hydrogen) atoms. The highest BCUT2D eigenvalue weighted by Gasteiger charge is 2.53. The molecule has 0 N–H and O–H groups in total. The molecular formula is C17H13FN2O2S. The Balaban J connectivity index is 1.68. The standard InChI is InChI=1S/C17H13FN2O2S/c18-12-8-6-11(7-9-12)16-20-14(10-23-16)15(21)19(17(20)22)13-4-2-1-3-5-13/h1-9,14,16H,10H2/t14-,16+/m1/s1. The molecule has 0 bridgehead atoms. The topological polar surface area (TPSA) is 40.6 Å². The van der Waals surface area contributed by atoms with Crippen molar-refractivity contribution in [3.63, 3.8) is 0 Å². The number of fused-ring (bicyclic) bond motifs is 1. The van der Waals surface area contributed by atoms with E-state index in [1.165, 1.54) is 28.8 Å². The number of imide groups is 1. The highest BCUT2D eigenvalue weighted by atomic mass is 32.2. The van der Waals surface area contributed by atoms with E-state index in [0.29, 0.717) is 11.4 Å². The summed E-state index contributed by atoms with van der Waals surface area (Å²) >= 11 is 1.53. The van der Waals surface area contributed by atoms with Gasteiger partial charge in [-0.05, 0) is 29.8 Å². The third-order valence-electron chi connectivity index (χ3n) is 4.09. The molecule has 0 saturated carbocycles. The summed E-state index contributed by atoms with van der Waals surface area (Å²) in [5.41, 5.74) is 1.41. The lowest BCUT2D eigenvalue weighted by molar-refractivity contribution is -0.119.